The molecule has 0 spiro atoms. The van der Waals surface area contributed by atoms with Gasteiger partial charge in [-0.15, -0.1) is 0 Å². The third-order valence-electron chi connectivity index (χ3n) is 8.36. The Morgan fingerprint density at radius 2 is 1.04 bits per heavy atom. The van der Waals surface area contributed by atoms with Gasteiger partial charge in [-0.3, -0.25) is 23.4 Å². The molecule has 1 unspecified atom stereocenters. The van der Waals surface area contributed by atoms with Crippen molar-refractivity contribution in [2.24, 2.45) is 5.73 Å². The monoisotopic (exact) mass is 757 g/mol. The fourth-order valence-electron chi connectivity index (χ4n) is 5.13. The molecule has 302 valence electrons. The van der Waals surface area contributed by atoms with E-state index in [0.717, 1.165) is 83.5 Å². The summed E-state index contributed by atoms with van der Waals surface area (Å²) in [7, 11) is -4.72. The van der Waals surface area contributed by atoms with Gasteiger partial charge in [0.1, 0.15) is 12.6 Å². The highest BCUT2D eigenvalue weighted by Gasteiger charge is 2.28. The number of aliphatic carboxylic acids is 1. The standard InChI is InChI=1S/C40H72NO10P/c1-3-5-7-9-11-13-15-17-19-21-23-25-27-29-31-38(42)48-33-36(34-49-52(46,47)50-35-37(41)40(44)45)51-39(43)32-30-28-26-24-22-20-18-16-14-12-10-8-6-4-2/h10,12,15-18,36-37H,3-9,11,13-14,19-35,41H2,1-2H3,(H,44,45)(H,46,47)/b12-10+,17-15+,18-16+/t36-,37+/m1/s1. The molecule has 0 amide bonds. The van der Waals surface area contributed by atoms with Gasteiger partial charge in [-0.2, -0.15) is 0 Å². The lowest BCUT2D eigenvalue weighted by Crippen LogP contribution is -2.34. The van der Waals surface area contributed by atoms with Crippen LogP contribution in [0.3, 0.4) is 0 Å². The molecule has 4 N–H and O–H groups in total. The Kier molecular flexibility index (Phi) is 34.1. The normalized spacial score (nSPS) is 14.2. The summed E-state index contributed by atoms with van der Waals surface area (Å²) in [6.07, 6.45) is 36.4. The van der Waals surface area contributed by atoms with Crippen LogP contribution in [-0.2, 0) is 37.5 Å². The SMILES string of the molecule is CCCC/C=C/C/C=C/CCCCCCCC(=O)O[C@H](COC(=O)CCCCCCC/C=C/CCCCCCC)COP(=O)(O)OC[C@H](N)C(=O)O. The van der Waals surface area contributed by atoms with Gasteiger partial charge in [-0.25, -0.2) is 4.57 Å². The van der Waals surface area contributed by atoms with E-state index < -0.39 is 51.1 Å². The minimum Gasteiger partial charge on any atom is -0.480 e. The molecule has 0 aliphatic rings. The Balaban J connectivity index is 4.46. The van der Waals surface area contributed by atoms with Crippen LogP contribution in [0.4, 0.5) is 0 Å². The maximum Gasteiger partial charge on any atom is 0.472 e. The summed E-state index contributed by atoms with van der Waals surface area (Å²) in [6.45, 7) is 2.71. The molecular formula is C40H72NO10P. The van der Waals surface area contributed by atoms with Crippen LogP contribution in [-0.4, -0.2) is 59.9 Å². The van der Waals surface area contributed by atoms with Crippen LogP contribution < -0.4 is 5.73 Å². The number of phosphoric acid groups is 1. The molecule has 0 aromatic heterocycles. The Morgan fingerprint density at radius 1 is 0.596 bits per heavy atom. The number of carbonyl (C=O) groups is 3. The van der Waals surface area contributed by atoms with E-state index in [9.17, 15) is 23.8 Å². The number of ether oxygens (including phenoxy) is 2. The van der Waals surface area contributed by atoms with E-state index in [-0.39, 0.29) is 19.4 Å². The summed E-state index contributed by atoms with van der Waals surface area (Å²) in [6, 6.07) is -1.52. The number of carboxylic acids is 1. The number of carbonyl (C=O) groups excluding carboxylic acids is 2. The number of hydrogen-bond acceptors (Lipinski definition) is 9. The van der Waals surface area contributed by atoms with Crippen molar-refractivity contribution < 1.29 is 47.5 Å². The van der Waals surface area contributed by atoms with Gasteiger partial charge < -0.3 is 25.2 Å². The second kappa shape index (κ2) is 35.7. The molecule has 0 aromatic rings. The topological polar surface area (TPSA) is 172 Å². The molecule has 0 aliphatic heterocycles. The van der Waals surface area contributed by atoms with Crippen LogP contribution in [0.25, 0.3) is 0 Å². The first-order valence-corrected chi connectivity index (χ1v) is 21.5. The van der Waals surface area contributed by atoms with Crippen molar-refractivity contribution in [2.75, 3.05) is 19.8 Å². The van der Waals surface area contributed by atoms with Crippen molar-refractivity contribution >= 4 is 25.7 Å². The molecule has 11 nitrogen and oxygen atoms in total. The highest BCUT2D eigenvalue weighted by Crippen LogP contribution is 2.43. The summed E-state index contributed by atoms with van der Waals surface area (Å²) < 4.78 is 32.6. The average Bonchev–Trinajstić information content (AvgIpc) is 3.12. The van der Waals surface area contributed by atoms with Gasteiger partial charge in [0.25, 0.3) is 0 Å². The van der Waals surface area contributed by atoms with Crippen molar-refractivity contribution in [3.8, 4) is 0 Å². The lowest BCUT2D eigenvalue weighted by atomic mass is 10.1. The number of phosphoric ester groups is 1. The number of esters is 2. The molecule has 0 fully saturated rings. The summed E-state index contributed by atoms with van der Waals surface area (Å²) in [5, 5.41) is 8.86. The molecule has 0 heterocycles. The maximum absolute atomic E-state index is 12.6. The predicted molar refractivity (Wildman–Crippen MR) is 208 cm³/mol. The largest absolute Gasteiger partial charge is 0.480 e. The number of allylic oxidation sites excluding steroid dienone is 6. The van der Waals surface area contributed by atoms with E-state index in [4.69, 9.17) is 24.8 Å². The first kappa shape index (κ1) is 49.7. The quantitative estimate of drug-likeness (QED) is 0.0238. The number of unbranched alkanes of at least 4 members (excludes halogenated alkanes) is 17. The lowest BCUT2D eigenvalue weighted by Gasteiger charge is -2.20. The number of hydrogen-bond donors (Lipinski definition) is 3. The van der Waals surface area contributed by atoms with E-state index >= 15 is 0 Å². The van der Waals surface area contributed by atoms with Crippen LogP contribution in [0, 0.1) is 0 Å². The third kappa shape index (κ3) is 34.8. The molecule has 52 heavy (non-hydrogen) atoms. The van der Waals surface area contributed by atoms with Crippen LogP contribution in [0.15, 0.2) is 36.5 Å². The van der Waals surface area contributed by atoms with E-state index in [2.05, 4.69) is 54.8 Å². The van der Waals surface area contributed by atoms with Gasteiger partial charge >= 0.3 is 25.7 Å². The van der Waals surface area contributed by atoms with E-state index in [1.54, 1.807) is 0 Å². The zero-order valence-corrected chi connectivity index (χ0v) is 33.3. The fourth-order valence-corrected chi connectivity index (χ4v) is 5.91. The molecule has 0 rings (SSSR count). The number of carboxylic acid groups (broad SMARTS) is 1. The smallest absolute Gasteiger partial charge is 0.472 e. The van der Waals surface area contributed by atoms with Gasteiger partial charge in [0.15, 0.2) is 6.10 Å². The highest BCUT2D eigenvalue weighted by atomic mass is 31.2. The first-order chi connectivity index (χ1) is 25.1. The average molecular weight is 758 g/mol. The van der Waals surface area contributed by atoms with Gasteiger partial charge in [-0.1, -0.05) is 127 Å². The maximum atomic E-state index is 12.6. The molecule has 0 radical (unpaired) electrons. The third-order valence-corrected chi connectivity index (χ3v) is 9.31. The fraction of sp³-hybridized carbons (Fsp3) is 0.775. The summed E-state index contributed by atoms with van der Waals surface area (Å²) in [4.78, 5) is 45.8. The first-order valence-electron chi connectivity index (χ1n) is 20.0. The summed E-state index contributed by atoms with van der Waals surface area (Å²) in [5.41, 5.74) is 5.32. The van der Waals surface area contributed by atoms with Gasteiger partial charge in [-0.05, 0) is 64.2 Å². The molecule has 12 heteroatoms. The molecule has 0 aromatic carbocycles. The van der Waals surface area contributed by atoms with Gasteiger partial charge in [0.2, 0.25) is 0 Å². The number of rotatable bonds is 37. The van der Waals surface area contributed by atoms with Crippen LogP contribution >= 0.6 is 7.82 Å². The number of nitrogens with two attached hydrogens (primary N) is 1. The lowest BCUT2D eigenvalue weighted by molar-refractivity contribution is -0.161. The highest BCUT2D eigenvalue weighted by molar-refractivity contribution is 7.47. The van der Waals surface area contributed by atoms with Crippen LogP contribution in [0.1, 0.15) is 168 Å². The van der Waals surface area contributed by atoms with E-state index in [1.807, 2.05) is 0 Å². The van der Waals surface area contributed by atoms with Crippen molar-refractivity contribution in [3.63, 3.8) is 0 Å². The minimum atomic E-state index is -4.72. The Bertz CT molecular complexity index is 1030. The Morgan fingerprint density at radius 3 is 1.58 bits per heavy atom. The Labute approximate surface area is 314 Å². The zero-order chi connectivity index (χ0) is 38.5. The zero-order valence-electron chi connectivity index (χ0n) is 32.4. The van der Waals surface area contributed by atoms with E-state index in [0.29, 0.717) is 12.8 Å². The van der Waals surface area contributed by atoms with Crippen LogP contribution in [0.5, 0.6) is 0 Å². The van der Waals surface area contributed by atoms with Crippen molar-refractivity contribution in [3.05, 3.63) is 36.5 Å². The summed E-state index contributed by atoms with van der Waals surface area (Å²) in [5.74, 6) is -2.41. The second-order valence-electron chi connectivity index (χ2n) is 13.4. The van der Waals surface area contributed by atoms with E-state index in [1.165, 1.54) is 44.9 Å². The minimum absolute atomic E-state index is 0.143. The van der Waals surface area contributed by atoms with Crippen LogP contribution in [0.2, 0.25) is 0 Å². The molecule has 3 atom stereocenters. The molecule has 0 bridgehead atoms. The van der Waals surface area contributed by atoms with Crippen molar-refractivity contribution in [2.45, 2.75) is 180 Å². The van der Waals surface area contributed by atoms with Crippen molar-refractivity contribution in [1.82, 2.24) is 0 Å². The second-order valence-corrected chi connectivity index (χ2v) is 14.9. The molecule has 0 saturated heterocycles. The molecule has 0 saturated carbocycles. The summed E-state index contributed by atoms with van der Waals surface area (Å²) >= 11 is 0. The molecular weight excluding hydrogens is 685 g/mol. The molecule has 0 aliphatic carbocycles. The van der Waals surface area contributed by atoms with Crippen molar-refractivity contribution in [1.29, 1.82) is 0 Å². The van der Waals surface area contributed by atoms with Gasteiger partial charge in [0.05, 0.1) is 13.2 Å². The predicted octanol–water partition coefficient (Wildman–Crippen LogP) is 10.1. The Hall–Kier alpha value is -2.30. The van der Waals surface area contributed by atoms with Gasteiger partial charge in [0, 0.05) is 12.8 Å².